The molecule has 0 bridgehead atoms. The molecule has 0 aliphatic carbocycles. The number of pyridine rings is 9. The van der Waals surface area contributed by atoms with Crippen LogP contribution in [0.2, 0.25) is 15.1 Å². The quantitative estimate of drug-likeness (QED) is 0.119. The molecule has 4 N–H and O–H groups in total. The number of aromatic nitrogens is 9. The van der Waals surface area contributed by atoms with Gasteiger partial charge in [0.25, 0.3) is 0 Å². The SMILES string of the molecule is Nc1cc2c(-c3cc(-c4cc(Cl)ccc4F)nc4ncccc34)cccc2cn1.Nc1nccc2c(-c3cc(-c4cc(Cl)ccc4F)nc4ncccc34)cccc12.[O-][n+]1ccc2c(-c3cc(-c4cc(Cl)ccc4F)nc4ncccc34)cccc2c1. The molecule has 0 radical (unpaired) electrons. The molecular formula is C69H41Cl3F3N11O. The maximum Gasteiger partial charge on any atom is 0.188 e. The van der Waals surface area contributed by atoms with E-state index < -0.39 is 17.5 Å². The highest BCUT2D eigenvalue weighted by atomic mass is 35.5. The van der Waals surface area contributed by atoms with Gasteiger partial charge in [-0.1, -0.05) is 83.3 Å². The number of hydrogen-bond donors (Lipinski definition) is 2. The first kappa shape index (κ1) is 55.5. The Hall–Kier alpha value is -10.7. The predicted molar refractivity (Wildman–Crippen MR) is 342 cm³/mol. The molecule has 15 rings (SSSR count). The van der Waals surface area contributed by atoms with Crippen LogP contribution in [0.5, 0.6) is 0 Å². The van der Waals surface area contributed by atoms with Gasteiger partial charge in [-0.05, 0) is 172 Å². The van der Waals surface area contributed by atoms with Crippen molar-refractivity contribution in [1.29, 1.82) is 0 Å². The van der Waals surface area contributed by atoms with E-state index in [4.69, 9.17) is 46.3 Å². The fourth-order valence-electron chi connectivity index (χ4n) is 10.7. The van der Waals surface area contributed by atoms with Gasteiger partial charge in [-0.25, -0.2) is 53.0 Å². The van der Waals surface area contributed by atoms with E-state index >= 15 is 0 Å². The van der Waals surface area contributed by atoms with Gasteiger partial charge in [0.1, 0.15) is 29.1 Å². The van der Waals surface area contributed by atoms with E-state index in [0.29, 0.717) is 77.4 Å². The van der Waals surface area contributed by atoms with Crippen molar-refractivity contribution in [2.75, 3.05) is 11.5 Å². The molecule has 0 saturated heterocycles. The van der Waals surface area contributed by atoms with Crippen molar-refractivity contribution < 1.29 is 17.9 Å². The smallest absolute Gasteiger partial charge is 0.188 e. The van der Waals surface area contributed by atoms with Crippen molar-refractivity contribution in [3.05, 3.63) is 263 Å². The van der Waals surface area contributed by atoms with E-state index in [1.165, 1.54) is 48.8 Å². The van der Waals surface area contributed by atoms with E-state index in [1.54, 1.807) is 55.2 Å². The Morgan fingerprint density at radius 3 is 1.29 bits per heavy atom. The van der Waals surface area contributed by atoms with Crippen molar-refractivity contribution in [1.82, 2.24) is 39.9 Å². The molecule has 0 amide bonds. The summed E-state index contributed by atoms with van der Waals surface area (Å²) in [5, 5.41) is 21.0. The Morgan fingerprint density at radius 2 is 0.793 bits per heavy atom. The first-order valence-electron chi connectivity index (χ1n) is 26.9. The van der Waals surface area contributed by atoms with Gasteiger partial charge < -0.3 is 16.7 Å². The lowest BCUT2D eigenvalue weighted by Gasteiger charge is -2.13. The third-order valence-corrected chi connectivity index (χ3v) is 15.4. The van der Waals surface area contributed by atoms with Gasteiger partial charge in [0, 0.05) is 107 Å². The molecule has 87 heavy (non-hydrogen) atoms. The van der Waals surface area contributed by atoms with Crippen LogP contribution in [0.3, 0.4) is 0 Å². The number of fused-ring (bicyclic) bond motifs is 6. The Labute approximate surface area is 508 Å². The van der Waals surface area contributed by atoms with E-state index in [2.05, 4.69) is 39.9 Å². The van der Waals surface area contributed by atoms with E-state index in [-0.39, 0.29) is 0 Å². The van der Waals surface area contributed by atoms with Crippen molar-refractivity contribution in [2.24, 2.45) is 0 Å². The van der Waals surface area contributed by atoms with Crippen LogP contribution >= 0.6 is 34.8 Å². The number of nitrogens with two attached hydrogens (primary N) is 2. The Kier molecular flexibility index (Phi) is 14.9. The van der Waals surface area contributed by atoms with Crippen molar-refractivity contribution >= 4 is 112 Å². The molecule has 6 aromatic carbocycles. The second kappa shape index (κ2) is 23.4. The molecule has 12 nitrogen and oxygen atoms in total. The van der Waals surface area contributed by atoms with Crippen molar-refractivity contribution in [3.63, 3.8) is 0 Å². The predicted octanol–water partition coefficient (Wildman–Crippen LogP) is 17.3. The first-order valence-corrected chi connectivity index (χ1v) is 28.0. The summed E-state index contributed by atoms with van der Waals surface area (Å²) < 4.78 is 44.4. The molecule has 9 heterocycles. The van der Waals surface area contributed by atoms with Crippen LogP contribution in [0.1, 0.15) is 0 Å². The zero-order valence-corrected chi connectivity index (χ0v) is 47.5. The summed E-state index contributed by atoms with van der Waals surface area (Å²) >= 11 is 18.3. The number of nitrogen functional groups attached to an aromatic ring is 2. The minimum absolute atomic E-state index is 0.309. The summed E-state index contributed by atoms with van der Waals surface area (Å²) in [6.07, 6.45) is 11.4. The molecule has 420 valence electrons. The van der Waals surface area contributed by atoms with Crippen LogP contribution in [0.15, 0.2) is 225 Å². The fraction of sp³-hybridized carbons (Fsp3) is 0. The Balaban J connectivity index is 0.000000121. The monoisotopic (exact) mass is 1200 g/mol. The second-order valence-corrected chi connectivity index (χ2v) is 21.3. The van der Waals surface area contributed by atoms with Crippen LogP contribution in [-0.4, -0.2) is 39.9 Å². The normalized spacial score (nSPS) is 11.2. The third kappa shape index (κ3) is 11.1. The van der Waals surface area contributed by atoms with E-state index in [1.807, 2.05) is 121 Å². The Bertz CT molecular complexity index is 5090. The molecule has 0 saturated carbocycles. The first-order chi connectivity index (χ1) is 42.3. The van der Waals surface area contributed by atoms with E-state index in [9.17, 15) is 18.4 Å². The average molecular weight is 1200 g/mol. The summed E-state index contributed by atoms with van der Waals surface area (Å²) in [7, 11) is 0. The van der Waals surface area contributed by atoms with Gasteiger partial charge in [0.05, 0.1) is 17.1 Å². The van der Waals surface area contributed by atoms with Crippen LogP contribution in [-0.2, 0) is 0 Å². The van der Waals surface area contributed by atoms with Gasteiger partial charge >= 0.3 is 0 Å². The molecular weight excluding hydrogens is 1160 g/mol. The standard InChI is InChI=1S/2C23H14ClFN4.C23H13ClFN3O/c24-13-6-7-20(25)19(11-13)21-12-18(17-5-2-9-28-23(17)29-21)14-3-1-4-16-15(14)8-10-27-22(16)26;24-14-6-7-20(25)19(9-14)21-10-18(16-5-2-8-27-23(16)29-21)15-4-1-3-13-12-28-22(26)11-17(13)15;24-15-6-7-21(25)20(11-15)22-12-19(18-5-2-9-26-23(18)27-22)17-4-1-3-14-13-28(29)10-8-16(14)17/h1-12H,(H2,26,27);1-12H,(H2,26,28);1-13H. The lowest BCUT2D eigenvalue weighted by atomic mass is 9.95. The Morgan fingerprint density at radius 1 is 0.356 bits per heavy atom. The molecule has 0 atom stereocenters. The molecule has 18 heteroatoms. The van der Waals surface area contributed by atoms with E-state index in [0.717, 1.165) is 86.6 Å². The molecule has 0 unspecified atom stereocenters. The van der Waals surface area contributed by atoms with Crippen LogP contribution < -0.4 is 16.2 Å². The zero-order valence-electron chi connectivity index (χ0n) is 45.2. The van der Waals surface area contributed by atoms with Crippen LogP contribution in [0, 0.1) is 22.7 Å². The van der Waals surface area contributed by atoms with Gasteiger partial charge in [-0.2, -0.15) is 4.73 Å². The molecule has 0 fully saturated rings. The minimum atomic E-state index is -0.409. The van der Waals surface area contributed by atoms with Gasteiger partial charge in [0.2, 0.25) is 0 Å². The molecule has 9 aromatic heterocycles. The number of hydrogen-bond acceptors (Lipinski definition) is 11. The topological polar surface area (TPSA) is 182 Å². The van der Waals surface area contributed by atoms with Crippen LogP contribution in [0.25, 0.3) is 133 Å². The number of halogens is 6. The summed E-state index contributed by atoms with van der Waals surface area (Å²) in [4.78, 5) is 35.3. The number of rotatable bonds is 6. The van der Waals surface area contributed by atoms with Gasteiger partial charge in [0.15, 0.2) is 29.3 Å². The highest BCUT2D eigenvalue weighted by Gasteiger charge is 2.20. The van der Waals surface area contributed by atoms with Crippen molar-refractivity contribution in [2.45, 2.75) is 0 Å². The lowest BCUT2D eigenvalue weighted by molar-refractivity contribution is -0.603. The van der Waals surface area contributed by atoms with Gasteiger partial charge in [-0.15, -0.1) is 0 Å². The fourth-order valence-corrected chi connectivity index (χ4v) is 11.2. The lowest BCUT2D eigenvalue weighted by Crippen LogP contribution is -2.23. The van der Waals surface area contributed by atoms with Gasteiger partial charge in [-0.3, -0.25) is 0 Å². The number of anilines is 2. The summed E-state index contributed by atoms with van der Waals surface area (Å²) in [6, 6.07) is 53.3. The highest BCUT2D eigenvalue weighted by molar-refractivity contribution is 6.31. The number of benzene rings is 6. The third-order valence-electron chi connectivity index (χ3n) is 14.7. The average Bonchev–Trinajstić information content (AvgIpc) is 1.03. The van der Waals surface area contributed by atoms with Crippen LogP contribution in [0.4, 0.5) is 24.8 Å². The molecule has 0 spiro atoms. The zero-order chi connectivity index (χ0) is 59.9. The summed E-state index contributed by atoms with van der Waals surface area (Å²) in [6.45, 7) is 0. The minimum Gasteiger partial charge on any atom is -0.619 e. The maximum atomic E-state index is 14.6. The molecule has 15 aromatic rings. The maximum absolute atomic E-state index is 14.6. The largest absolute Gasteiger partial charge is 0.619 e. The summed E-state index contributed by atoms with van der Waals surface area (Å²) in [5.74, 6) is -0.304. The number of nitrogens with zero attached hydrogens (tertiary/aromatic N) is 9. The molecule has 0 aliphatic rings. The van der Waals surface area contributed by atoms with Crippen molar-refractivity contribution in [3.8, 4) is 67.2 Å². The highest BCUT2D eigenvalue weighted by Crippen LogP contribution is 2.41. The molecule has 0 aliphatic heterocycles. The summed E-state index contributed by atoms with van der Waals surface area (Å²) in [5.41, 5.74) is 21.3. The second-order valence-electron chi connectivity index (χ2n) is 20.0.